The standard InChI is InChI=1S/C12H13BrClN3/c1-17-10(11(13)16-12(17)15)6-5-8-3-2-4-9(14)7-8/h2-4,7H,5-6H2,1H3,(H2,15,16). The highest BCUT2D eigenvalue weighted by Gasteiger charge is 2.10. The van der Waals surface area contributed by atoms with Gasteiger partial charge in [0.05, 0.1) is 5.69 Å². The van der Waals surface area contributed by atoms with Gasteiger partial charge in [0, 0.05) is 12.1 Å². The zero-order chi connectivity index (χ0) is 12.4. The Morgan fingerprint density at radius 3 is 2.76 bits per heavy atom. The number of halogens is 2. The maximum Gasteiger partial charge on any atom is 0.201 e. The van der Waals surface area contributed by atoms with Gasteiger partial charge < -0.3 is 10.3 Å². The second-order valence-corrected chi connectivity index (χ2v) is 5.08. The average molecular weight is 315 g/mol. The van der Waals surface area contributed by atoms with Crippen molar-refractivity contribution < 1.29 is 0 Å². The lowest BCUT2D eigenvalue weighted by atomic mass is 10.1. The molecule has 90 valence electrons. The van der Waals surface area contributed by atoms with Gasteiger partial charge in [-0.15, -0.1) is 0 Å². The van der Waals surface area contributed by atoms with Crippen LogP contribution in [0.1, 0.15) is 11.3 Å². The highest BCUT2D eigenvalue weighted by atomic mass is 79.9. The van der Waals surface area contributed by atoms with Gasteiger partial charge in [-0.3, -0.25) is 0 Å². The average Bonchev–Trinajstić information content (AvgIpc) is 2.51. The fraction of sp³-hybridized carbons (Fsp3) is 0.250. The Bertz CT molecular complexity index is 537. The van der Waals surface area contributed by atoms with Crippen molar-refractivity contribution in [2.45, 2.75) is 12.8 Å². The summed E-state index contributed by atoms with van der Waals surface area (Å²) in [5, 5.41) is 0.770. The summed E-state index contributed by atoms with van der Waals surface area (Å²) < 4.78 is 2.72. The van der Waals surface area contributed by atoms with Crippen LogP contribution >= 0.6 is 27.5 Å². The molecule has 2 N–H and O–H groups in total. The Morgan fingerprint density at radius 2 is 2.18 bits per heavy atom. The summed E-state index contributed by atoms with van der Waals surface area (Å²) in [5.41, 5.74) is 8.05. The maximum atomic E-state index is 5.95. The summed E-state index contributed by atoms with van der Waals surface area (Å²) in [6.07, 6.45) is 1.79. The van der Waals surface area contributed by atoms with Crippen molar-refractivity contribution in [2.75, 3.05) is 5.73 Å². The van der Waals surface area contributed by atoms with E-state index in [4.69, 9.17) is 17.3 Å². The van der Waals surface area contributed by atoms with Crippen LogP contribution in [-0.4, -0.2) is 9.55 Å². The number of nitrogen functional groups attached to an aromatic ring is 1. The normalized spacial score (nSPS) is 10.8. The van der Waals surface area contributed by atoms with E-state index in [-0.39, 0.29) is 0 Å². The van der Waals surface area contributed by atoms with E-state index in [1.807, 2.05) is 29.8 Å². The fourth-order valence-electron chi connectivity index (χ4n) is 1.74. The molecule has 17 heavy (non-hydrogen) atoms. The minimum atomic E-state index is 0.526. The highest BCUT2D eigenvalue weighted by molar-refractivity contribution is 9.10. The van der Waals surface area contributed by atoms with Crippen molar-refractivity contribution >= 4 is 33.5 Å². The number of nitrogens with two attached hydrogens (primary N) is 1. The van der Waals surface area contributed by atoms with Gasteiger partial charge in [-0.2, -0.15) is 0 Å². The Hall–Kier alpha value is -1.00. The molecule has 1 aromatic carbocycles. The molecule has 0 unspecified atom stereocenters. The Morgan fingerprint density at radius 1 is 1.41 bits per heavy atom. The molecule has 0 atom stereocenters. The van der Waals surface area contributed by atoms with E-state index in [1.165, 1.54) is 5.56 Å². The molecule has 2 aromatic rings. The van der Waals surface area contributed by atoms with Crippen molar-refractivity contribution in [3.63, 3.8) is 0 Å². The molecule has 5 heteroatoms. The van der Waals surface area contributed by atoms with Crippen molar-refractivity contribution in [2.24, 2.45) is 7.05 Å². The second kappa shape index (κ2) is 5.10. The number of imidazole rings is 1. The summed E-state index contributed by atoms with van der Waals surface area (Å²) in [6, 6.07) is 7.89. The van der Waals surface area contributed by atoms with E-state index in [1.54, 1.807) is 0 Å². The number of anilines is 1. The Kier molecular flexibility index (Phi) is 3.74. The van der Waals surface area contributed by atoms with E-state index in [2.05, 4.69) is 27.0 Å². The molecule has 0 spiro atoms. The molecule has 2 rings (SSSR count). The van der Waals surface area contributed by atoms with Gasteiger partial charge >= 0.3 is 0 Å². The summed E-state index contributed by atoms with van der Waals surface area (Å²) in [6.45, 7) is 0. The largest absolute Gasteiger partial charge is 0.369 e. The molecular weight excluding hydrogens is 302 g/mol. The molecule has 0 fully saturated rings. The smallest absolute Gasteiger partial charge is 0.201 e. The van der Waals surface area contributed by atoms with Crippen LogP contribution in [0, 0.1) is 0 Å². The molecule has 0 aliphatic heterocycles. The van der Waals surface area contributed by atoms with E-state index >= 15 is 0 Å². The lowest BCUT2D eigenvalue weighted by molar-refractivity contribution is 0.804. The zero-order valence-corrected chi connectivity index (χ0v) is 11.8. The third kappa shape index (κ3) is 2.82. The first-order chi connectivity index (χ1) is 8.08. The lowest BCUT2D eigenvalue weighted by Crippen LogP contribution is -2.03. The van der Waals surface area contributed by atoms with Crippen LogP contribution in [0.4, 0.5) is 5.95 Å². The molecule has 3 nitrogen and oxygen atoms in total. The van der Waals surface area contributed by atoms with Crippen LogP contribution in [0.15, 0.2) is 28.9 Å². The van der Waals surface area contributed by atoms with Crippen LogP contribution in [0.2, 0.25) is 5.02 Å². The predicted molar refractivity (Wildman–Crippen MR) is 74.2 cm³/mol. The number of hydrogen-bond acceptors (Lipinski definition) is 2. The second-order valence-electron chi connectivity index (χ2n) is 3.90. The monoisotopic (exact) mass is 313 g/mol. The van der Waals surface area contributed by atoms with E-state index < -0.39 is 0 Å². The van der Waals surface area contributed by atoms with Crippen molar-refractivity contribution in [1.82, 2.24) is 9.55 Å². The molecule has 0 saturated carbocycles. The molecule has 0 aliphatic rings. The number of benzene rings is 1. The van der Waals surface area contributed by atoms with Gasteiger partial charge in [-0.25, -0.2) is 4.98 Å². The van der Waals surface area contributed by atoms with Crippen LogP contribution in [-0.2, 0) is 19.9 Å². The Labute approximate surface area is 114 Å². The predicted octanol–water partition coefficient (Wildman–Crippen LogP) is 3.20. The Balaban J connectivity index is 2.12. The number of aromatic nitrogens is 2. The first-order valence-electron chi connectivity index (χ1n) is 5.29. The summed E-state index contributed by atoms with van der Waals surface area (Å²) in [5.74, 6) is 0.526. The molecule has 0 bridgehead atoms. The molecule has 0 saturated heterocycles. The van der Waals surface area contributed by atoms with Crippen LogP contribution < -0.4 is 5.73 Å². The molecular formula is C12H13BrClN3. The van der Waals surface area contributed by atoms with E-state index in [9.17, 15) is 0 Å². The number of aryl methyl sites for hydroxylation is 1. The zero-order valence-electron chi connectivity index (χ0n) is 9.45. The molecule has 0 radical (unpaired) electrons. The van der Waals surface area contributed by atoms with Gasteiger partial charge in [0.2, 0.25) is 5.95 Å². The van der Waals surface area contributed by atoms with Crippen molar-refractivity contribution in [3.8, 4) is 0 Å². The fourth-order valence-corrected chi connectivity index (χ4v) is 2.60. The van der Waals surface area contributed by atoms with Gasteiger partial charge in [0.15, 0.2) is 0 Å². The van der Waals surface area contributed by atoms with Crippen molar-refractivity contribution in [1.29, 1.82) is 0 Å². The van der Waals surface area contributed by atoms with Gasteiger partial charge in [0.25, 0.3) is 0 Å². The first kappa shape index (κ1) is 12.5. The van der Waals surface area contributed by atoms with Gasteiger partial charge in [0.1, 0.15) is 4.60 Å². The molecule has 0 aliphatic carbocycles. The number of rotatable bonds is 3. The van der Waals surface area contributed by atoms with Gasteiger partial charge in [-0.1, -0.05) is 23.7 Å². The third-order valence-electron chi connectivity index (χ3n) is 2.74. The van der Waals surface area contributed by atoms with Gasteiger partial charge in [-0.05, 0) is 46.5 Å². The molecule has 0 amide bonds. The van der Waals surface area contributed by atoms with Crippen molar-refractivity contribution in [3.05, 3.63) is 45.1 Å². The number of nitrogens with zero attached hydrogens (tertiary/aromatic N) is 2. The third-order valence-corrected chi connectivity index (χ3v) is 3.61. The quantitative estimate of drug-likeness (QED) is 0.945. The van der Waals surface area contributed by atoms with Crippen LogP contribution in [0.25, 0.3) is 0 Å². The summed E-state index contributed by atoms with van der Waals surface area (Å²) >= 11 is 9.36. The van der Waals surface area contributed by atoms with E-state index in [0.29, 0.717) is 5.95 Å². The number of hydrogen-bond donors (Lipinski definition) is 1. The van der Waals surface area contributed by atoms with Crippen LogP contribution in [0.3, 0.4) is 0 Å². The first-order valence-corrected chi connectivity index (χ1v) is 6.46. The molecule has 1 heterocycles. The summed E-state index contributed by atoms with van der Waals surface area (Å²) in [4.78, 5) is 4.17. The minimum Gasteiger partial charge on any atom is -0.369 e. The SMILES string of the molecule is Cn1c(N)nc(Br)c1CCc1cccc(Cl)c1. The minimum absolute atomic E-state index is 0.526. The molecule has 1 aromatic heterocycles. The van der Waals surface area contributed by atoms with Crippen LogP contribution in [0.5, 0.6) is 0 Å². The maximum absolute atomic E-state index is 5.95. The topological polar surface area (TPSA) is 43.8 Å². The summed E-state index contributed by atoms with van der Waals surface area (Å²) in [7, 11) is 1.92. The lowest BCUT2D eigenvalue weighted by Gasteiger charge is -2.05. The van der Waals surface area contributed by atoms with E-state index in [0.717, 1.165) is 28.2 Å². The highest BCUT2D eigenvalue weighted by Crippen LogP contribution is 2.20.